The second-order valence-corrected chi connectivity index (χ2v) is 8.40. The molecule has 7 heteroatoms. The number of nitrogens with zero attached hydrogens (tertiary/aromatic N) is 2. The summed E-state index contributed by atoms with van der Waals surface area (Å²) in [6.45, 7) is 4.22. The first-order valence-electron chi connectivity index (χ1n) is 7.47. The van der Waals surface area contributed by atoms with Gasteiger partial charge < -0.3 is 10.2 Å². The van der Waals surface area contributed by atoms with E-state index >= 15 is 0 Å². The summed E-state index contributed by atoms with van der Waals surface area (Å²) >= 11 is 0. The standard InChI is InChI=1S/C13H23N3O3S/c17-12(10-16-6-1-9-20(16,18)19)15-7-3-13(4-8-15)2-5-14-11-13/h14H,1-11H2. The average molecular weight is 301 g/mol. The van der Waals surface area contributed by atoms with Crippen LogP contribution >= 0.6 is 0 Å². The maximum atomic E-state index is 12.2. The molecule has 3 rings (SSSR count). The van der Waals surface area contributed by atoms with Gasteiger partial charge in [0.1, 0.15) is 0 Å². The lowest BCUT2D eigenvalue weighted by Gasteiger charge is -2.39. The molecule has 1 N–H and O–H groups in total. The van der Waals surface area contributed by atoms with Crippen molar-refractivity contribution in [1.29, 1.82) is 0 Å². The highest BCUT2D eigenvalue weighted by molar-refractivity contribution is 7.89. The van der Waals surface area contributed by atoms with Gasteiger partial charge in [-0.25, -0.2) is 8.42 Å². The second-order valence-electron chi connectivity index (χ2n) is 6.31. The lowest BCUT2D eigenvalue weighted by atomic mass is 9.78. The van der Waals surface area contributed by atoms with Crippen LogP contribution in [0.1, 0.15) is 25.7 Å². The fraction of sp³-hybridized carbons (Fsp3) is 0.923. The van der Waals surface area contributed by atoms with Gasteiger partial charge in [0.05, 0.1) is 12.3 Å². The number of nitrogens with one attached hydrogen (secondary N) is 1. The van der Waals surface area contributed by atoms with E-state index in [0.29, 0.717) is 18.4 Å². The van der Waals surface area contributed by atoms with Crippen LogP contribution in [0.2, 0.25) is 0 Å². The Morgan fingerprint density at radius 1 is 1.15 bits per heavy atom. The molecule has 0 atom stereocenters. The Labute approximate surface area is 120 Å². The lowest BCUT2D eigenvalue weighted by molar-refractivity contribution is -0.133. The zero-order valence-electron chi connectivity index (χ0n) is 11.8. The van der Waals surface area contributed by atoms with Crippen LogP contribution in [-0.4, -0.2) is 68.6 Å². The van der Waals surface area contributed by atoms with Crippen molar-refractivity contribution in [2.24, 2.45) is 5.41 Å². The lowest BCUT2D eigenvalue weighted by Crippen LogP contribution is -2.47. The van der Waals surface area contributed by atoms with E-state index in [1.54, 1.807) is 0 Å². The number of piperidine rings is 1. The molecule has 0 aromatic carbocycles. The minimum atomic E-state index is -3.17. The van der Waals surface area contributed by atoms with Crippen molar-refractivity contribution >= 4 is 15.9 Å². The predicted molar refractivity (Wildman–Crippen MR) is 75.7 cm³/mol. The number of carbonyl (C=O) groups excluding carboxylic acids is 1. The van der Waals surface area contributed by atoms with E-state index in [0.717, 1.165) is 39.0 Å². The molecule has 114 valence electrons. The van der Waals surface area contributed by atoms with E-state index in [1.807, 2.05) is 4.90 Å². The molecule has 1 spiro atoms. The molecule has 0 saturated carbocycles. The van der Waals surface area contributed by atoms with Crippen molar-refractivity contribution in [3.05, 3.63) is 0 Å². The number of hydrogen-bond donors (Lipinski definition) is 1. The number of carbonyl (C=O) groups is 1. The Hall–Kier alpha value is -0.660. The van der Waals surface area contributed by atoms with Gasteiger partial charge in [-0.2, -0.15) is 4.31 Å². The van der Waals surface area contributed by atoms with Gasteiger partial charge in [-0.3, -0.25) is 4.79 Å². The highest BCUT2D eigenvalue weighted by Crippen LogP contribution is 2.36. The quantitative estimate of drug-likeness (QED) is 0.755. The van der Waals surface area contributed by atoms with E-state index < -0.39 is 10.0 Å². The Kier molecular flexibility index (Phi) is 3.77. The molecule has 1 amide bonds. The molecule has 0 aromatic heterocycles. The number of rotatable bonds is 2. The summed E-state index contributed by atoms with van der Waals surface area (Å²) in [6, 6.07) is 0. The molecular formula is C13H23N3O3S. The minimum Gasteiger partial charge on any atom is -0.342 e. The Morgan fingerprint density at radius 2 is 1.90 bits per heavy atom. The summed E-state index contributed by atoms with van der Waals surface area (Å²) in [5.74, 6) is 0.158. The number of hydrogen-bond acceptors (Lipinski definition) is 4. The third-order valence-electron chi connectivity index (χ3n) is 5.02. The highest BCUT2D eigenvalue weighted by Gasteiger charge is 2.39. The van der Waals surface area contributed by atoms with Crippen LogP contribution in [0, 0.1) is 5.41 Å². The van der Waals surface area contributed by atoms with Crippen molar-refractivity contribution in [2.75, 3.05) is 45.0 Å². The molecule has 3 saturated heterocycles. The third kappa shape index (κ3) is 2.71. The molecule has 0 aromatic rings. The topological polar surface area (TPSA) is 69.7 Å². The van der Waals surface area contributed by atoms with E-state index in [-0.39, 0.29) is 18.2 Å². The van der Waals surface area contributed by atoms with Crippen LogP contribution in [0.4, 0.5) is 0 Å². The van der Waals surface area contributed by atoms with Crippen molar-refractivity contribution in [3.8, 4) is 0 Å². The Balaban J connectivity index is 1.54. The number of amides is 1. The first kappa shape index (κ1) is 14.3. The van der Waals surface area contributed by atoms with Crippen LogP contribution in [0.15, 0.2) is 0 Å². The van der Waals surface area contributed by atoms with E-state index in [9.17, 15) is 13.2 Å². The summed E-state index contributed by atoms with van der Waals surface area (Å²) in [6.07, 6.45) is 3.93. The predicted octanol–water partition coefficient (Wildman–Crippen LogP) is -0.376. The molecular weight excluding hydrogens is 278 g/mol. The first-order valence-corrected chi connectivity index (χ1v) is 9.08. The van der Waals surface area contributed by atoms with Crippen LogP contribution in [0.5, 0.6) is 0 Å². The fourth-order valence-electron chi connectivity index (χ4n) is 3.57. The van der Waals surface area contributed by atoms with Crippen molar-refractivity contribution in [3.63, 3.8) is 0 Å². The van der Waals surface area contributed by atoms with Gasteiger partial charge in [-0.15, -0.1) is 0 Å². The normalized spacial score (nSPS) is 29.1. The molecule has 3 aliphatic heterocycles. The summed E-state index contributed by atoms with van der Waals surface area (Å²) in [5, 5.41) is 3.41. The largest absolute Gasteiger partial charge is 0.342 e. The molecule has 3 aliphatic rings. The van der Waals surface area contributed by atoms with E-state index in [4.69, 9.17) is 0 Å². The fourth-order valence-corrected chi connectivity index (χ4v) is 5.04. The molecule has 3 fully saturated rings. The van der Waals surface area contributed by atoms with Gasteiger partial charge in [0, 0.05) is 26.2 Å². The van der Waals surface area contributed by atoms with Gasteiger partial charge in [0.2, 0.25) is 15.9 Å². The minimum absolute atomic E-state index is 0.0312. The summed E-state index contributed by atoms with van der Waals surface area (Å²) in [4.78, 5) is 14.1. The molecule has 6 nitrogen and oxygen atoms in total. The SMILES string of the molecule is O=C(CN1CCCS1(=O)=O)N1CCC2(CCNC2)CC1. The van der Waals surface area contributed by atoms with Crippen molar-refractivity contribution in [1.82, 2.24) is 14.5 Å². The van der Waals surface area contributed by atoms with Crippen LogP contribution in [0.3, 0.4) is 0 Å². The van der Waals surface area contributed by atoms with Crippen LogP contribution in [0.25, 0.3) is 0 Å². The van der Waals surface area contributed by atoms with Crippen molar-refractivity contribution in [2.45, 2.75) is 25.7 Å². The van der Waals surface area contributed by atoms with Crippen LogP contribution < -0.4 is 5.32 Å². The zero-order chi connectivity index (χ0) is 14.2. The average Bonchev–Trinajstić information content (AvgIpc) is 2.99. The molecule has 0 aliphatic carbocycles. The van der Waals surface area contributed by atoms with Gasteiger partial charge in [-0.05, 0) is 37.6 Å². The number of sulfonamides is 1. The Bertz CT molecular complexity index is 475. The molecule has 0 bridgehead atoms. The van der Waals surface area contributed by atoms with Gasteiger partial charge in [0.15, 0.2) is 0 Å². The number of likely N-dealkylation sites (tertiary alicyclic amines) is 1. The molecule has 0 radical (unpaired) electrons. The maximum Gasteiger partial charge on any atom is 0.237 e. The molecule has 0 unspecified atom stereocenters. The highest BCUT2D eigenvalue weighted by atomic mass is 32.2. The Morgan fingerprint density at radius 3 is 2.45 bits per heavy atom. The summed E-state index contributed by atoms with van der Waals surface area (Å²) in [7, 11) is -3.17. The van der Waals surface area contributed by atoms with Crippen molar-refractivity contribution < 1.29 is 13.2 Å². The zero-order valence-corrected chi connectivity index (χ0v) is 12.6. The molecule has 3 heterocycles. The van der Waals surface area contributed by atoms with Gasteiger partial charge in [0.25, 0.3) is 0 Å². The summed E-state index contributed by atoms with van der Waals surface area (Å²) in [5.41, 5.74) is 0.385. The first-order chi connectivity index (χ1) is 9.51. The smallest absolute Gasteiger partial charge is 0.237 e. The second kappa shape index (κ2) is 5.27. The van der Waals surface area contributed by atoms with Gasteiger partial charge >= 0.3 is 0 Å². The third-order valence-corrected chi connectivity index (χ3v) is 6.93. The summed E-state index contributed by atoms with van der Waals surface area (Å²) < 4.78 is 24.8. The van der Waals surface area contributed by atoms with Crippen LogP contribution in [-0.2, 0) is 14.8 Å². The maximum absolute atomic E-state index is 12.2. The molecule has 20 heavy (non-hydrogen) atoms. The monoisotopic (exact) mass is 301 g/mol. The van der Waals surface area contributed by atoms with E-state index in [2.05, 4.69) is 5.32 Å². The van der Waals surface area contributed by atoms with Gasteiger partial charge in [-0.1, -0.05) is 0 Å². The van der Waals surface area contributed by atoms with E-state index in [1.165, 1.54) is 10.7 Å².